The molecule has 0 unspecified atom stereocenters. The molecule has 0 bridgehead atoms. The van der Waals surface area contributed by atoms with Crippen LogP contribution in [0.1, 0.15) is 15.4 Å². The summed E-state index contributed by atoms with van der Waals surface area (Å²) in [6, 6.07) is 3.52. The molecule has 2 aromatic heterocycles. The number of hydrogen-bond acceptors (Lipinski definition) is 5. The predicted octanol–water partition coefficient (Wildman–Crippen LogP) is 3.17. The summed E-state index contributed by atoms with van der Waals surface area (Å²) in [5, 5.41) is 1.99. The van der Waals surface area contributed by atoms with Crippen LogP contribution >= 0.6 is 34.3 Å². The first kappa shape index (κ1) is 12.7. The van der Waals surface area contributed by atoms with E-state index in [4.69, 9.17) is 11.6 Å². The fraction of sp³-hybridized carbons (Fsp3) is 0.273. The lowest BCUT2D eigenvalue weighted by molar-refractivity contribution is 0.0946. The number of rotatable bonds is 5. The molecule has 3 nitrogen and oxygen atoms in total. The normalized spacial score (nSPS) is 11.0. The SMILES string of the molecule is CN(CC(=O)c1ccc(Cl)s1)Cc1cscn1. The summed E-state index contributed by atoms with van der Waals surface area (Å²) in [6.07, 6.45) is 0. The van der Waals surface area contributed by atoms with Crippen LogP contribution in [0.3, 0.4) is 0 Å². The van der Waals surface area contributed by atoms with Gasteiger partial charge in [-0.3, -0.25) is 9.69 Å². The number of carbonyl (C=O) groups is 1. The monoisotopic (exact) mass is 286 g/mol. The minimum Gasteiger partial charge on any atom is -0.293 e. The maximum absolute atomic E-state index is 11.9. The van der Waals surface area contributed by atoms with E-state index in [2.05, 4.69) is 4.98 Å². The summed E-state index contributed by atoms with van der Waals surface area (Å²) in [5.41, 5.74) is 2.79. The van der Waals surface area contributed by atoms with Gasteiger partial charge in [-0.25, -0.2) is 4.98 Å². The van der Waals surface area contributed by atoms with Crippen molar-refractivity contribution >= 4 is 40.1 Å². The first-order chi connectivity index (χ1) is 8.15. The number of thiazole rings is 1. The van der Waals surface area contributed by atoms with E-state index in [1.54, 1.807) is 29.0 Å². The van der Waals surface area contributed by atoms with E-state index < -0.39 is 0 Å². The van der Waals surface area contributed by atoms with Crippen molar-refractivity contribution in [2.24, 2.45) is 0 Å². The highest BCUT2D eigenvalue weighted by Crippen LogP contribution is 2.22. The zero-order valence-corrected chi connectivity index (χ0v) is 11.6. The Hall–Kier alpha value is -0.750. The molecule has 0 atom stereocenters. The Kier molecular flexibility index (Phi) is 4.28. The molecular weight excluding hydrogens is 276 g/mol. The fourth-order valence-electron chi connectivity index (χ4n) is 1.44. The number of hydrogen-bond donors (Lipinski definition) is 0. The number of nitrogens with zero attached hydrogens (tertiary/aromatic N) is 2. The highest BCUT2D eigenvalue weighted by molar-refractivity contribution is 7.18. The third-order valence-electron chi connectivity index (χ3n) is 2.18. The van der Waals surface area contributed by atoms with Crippen molar-refractivity contribution in [3.8, 4) is 0 Å². The Morgan fingerprint density at radius 2 is 2.35 bits per heavy atom. The molecule has 0 aliphatic rings. The van der Waals surface area contributed by atoms with E-state index in [0.717, 1.165) is 5.69 Å². The van der Waals surface area contributed by atoms with E-state index in [0.29, 0.717) is 22.3 Å². The summed E-state index contributed by atoms with van der Waals surface area (Å²) in [4.78, 5) is 18.7. The molecule has 0 aromatic carbocycles. The number of carbonyl (C=O) groups excluding carboxylic acids is 1. The first-order valence-electron chi connectivity index (χ1n) is 4.99. The van der Waals surface area contributed by atoms with Crippen molar-refractivity contribution < 1.29 is 4.79 Å². The van der Waals surface area contributed by atoms with Gasteiger partial charge in [0.1, 0.15) is 0 Å². The molecule has 0 saturated heterocycles. The molecule has 2 aromatic rings. The molecule has 17 heavy (non-hydrogen) atoms. The van der Waals surface area contributed by atoms with Gasteiger partial charge in [-0.2, -0.15) is 0 Å². The van der Waals surface area contributed by atoms with Crippen LogP contribution in [0.25, 0.3) is 0 Å². The average molecular weight is 287 g/mol. The Morgan fingerprint density at radius 1 is 1.53 bits per heavy atom. The van der Waals surface area contributed by atoms with Crippen molar-refractivity contribution in [3.05, 3.63) is 37.9 Å². The molecule has 2 rings (SSSR count). The van der Waals surface area contributed by atoms with Gasteiger partial charge in [0.15, 0.2) is 5.78 Å². The molecule has 6 heteroatoms. The zero-order valence-electron chi connectivity index (χ0n) is 9.22. The average Bonchev–Trinajstić information content (AvgIpc) is 2.89. The van der Waals surface area contributed by atoms with Crippen LogP contribution in [0.2, 0.25) is 4.34 Å². The van der Waals surface area contributed by atoms with Crippen molar-refractivity contribution in [1.82, 2.24) is 9.88 Å². The van der Waals surface area contributed by atoms with Gasteiger partial charge in [0.05, 0.1) is 27.0 Å². The Morgan fingerprint density at radius 3 is 2.94 bits per heavy atom. The van der Waals surface area contributed by atoms with E-state index in [1.165, 1.54) is 11.3 Å². The number of likely N-dealkylation sites (N-methyl/N-ethyl adjacent to an activating group) is 1. The molecule has 2 heterocycles. The second-order valence-electron chi connectivity index (χ2n) is 3.68. The summed E-state index contributed by atoms with van der Waals surface area (Å²) in [5.74, 6) is 0.0969. The van der Waals surface area contributed by atoms with Crippen LogP contribution in [-0.4, -0.2) is 29.3 Å². The number of ketones is 1. The van der Waals surface area contributed by atoms with Gasteiger partial charge >= 0.3 is 0 Å². The molecule has 0 fully saturated rings. The maximum Gasteiger partial charge on any atom is 0.186 e. The zero-order chi connectivity index (χ0) is 12.3. The number of thiophene rings is 1. The minimum atomic E-state index is 0.0969. The second-order valence-corrected chi connectivity index (χ2v) is 6.11. The van der Waals surface area contributed by atoms with Crippen molar-refractivity contribution in [2.75, 3.05) is 13.6 Å². The number of Topliss-reactive ketones (excluding diaryl/α,β-unsaturated/α-hetero) is 1. The van der Waals surface area contributed by atoms with Crippen LogP contribution in [0, 0.1) is 0 Å². The van der Waals surface area contributed by atoms with E-state index >= 15 is 0 Å². The summed E-state index contributed by atoms with van der Waals surface area (Å²) in [6.45, 7) is 1.07. The molecule has 0 spiro atoms. The van der Waals surface area contributed by atoms with Gasteiger partial charge in [-0.1, -0.05) is 11.6 Å². The van der Waals surface area contributed by atoms with Crippen molar-refractivity contribution in [2.45, 2.75) is 6.54 Å². The molecule has 90 valence electrons. The largest absolute Gasteiger partial charge is 0.293 e. The number of halogens is 1. The van der Waals surface area contributed by atoms with E-state index in [1.807, 2.05) is 17.3 Å². The van der Waals surface area contributed by atoms with Gasteiger partial charge in [-0.15, -0.1) is 22.7 Å². The van der Waals surface area contributed by atoms with Gasteiger partial charge < -0.3 is 0 Å². The van der Waals surface area contributed by atoms with Crippen LogP contribution in [0.4, 0.5) is 0 Å². The van der Waals surface area contributed by atoms with Crippen molar-refractivity contribution in [1.29, 1.82) is 0 Å². The molecule has 0 saturated carbocycles. The van der Waals surface area contributed by atoms with Gasteiger partial charge in [0, 0.05) is 11.9 Å². The molecule has 0 aliphatic heterocycles. The molecule has 0 radical (unpaired) electrons. The maximum atomic E-state index is 11.9. The number of aromatic nitrogens is 1. The third-order valence-corrected chi connectivity index (χ3v) is 4.08. The lowest BCUT2D eigenvalue weighted by Crippen LogP contribution is -2.25. The minimum absolute atomic E-state index is 0.0969. The van der Waals surface area contributed by atoms with E-state index in [-0.39, 0.29) is 5.78 Å². The highest BCUT2D eigenvalue weighted by Gasteiger charge is 2.12. The highest BCUT2D eigenvalue weighted by atomic mass is 35.5. The quantitative estimate of drug-likeness (QED) is 0.792. The predicted molar refractivity (Wildman–Crippen MR) is 72.1 cm³/mol. The van der Waals surface area contributed by atoms with Crippen LogP contribution in [0.15, 0.2) is 23.0 Å². The third kappa shape index (κ3) is 3.61. The summed E-state index contributed by atoms with van der Waals surface area (Å²) < 4.78 is 0.649. The molecule has 0 aliphatic carbocycles. The van der Waals surface area contributed by atoms with Crippen molar-refractivity contribution in [3.63, 3.8) is 0 Å². The second kappa shape index (κ2) is 5.73. The molecule has 0 amide bonds. The summed E-state index contributed by atoms with van der Waals surface area (Å²) >= 11 is 8.68. The van der Waals surface area contributed by atoms with Crippen LogP contribution in [0.5, 0.6) is 0 Å². The van der Waals surface area contributed by atoms with Gasteiger partial charge in [0.25, 0.3) is 0 Å². The standard InChI is InChI=1S/C11H11ClN2OS2/c1-14(4-8-6-16-7-13-8)5-9(15)10-2-3-11(12)17-10/h2-3,6-7H,4-5H2,1H3. The lowest BCUT2D eigenvalue weighted by Gasteiger charge is -2.13. The first-order valence-corrected chi connectivity index (χ1v) is 7.13. The smallest absolute Gasteiger partial charge is 0.186 e. The van der Waals surface area contributed by atoms with E-state index in [9.17, 15) is 4.79 Å². The van der Waals surface area contributed by atoms with Gasteiger partial charge in [0.2, 0.25) is 0 Å². The Labute approximate surface area is 113 Å². The van der Waals surface area contributed by atoms with Crippen LogP contribution in [-0.2, 0) is 6.54 Å². The summed E-state index contributed by atoms with van der Waals surface area (Å²) in [7, 11) is 1.91. The lowest BCUT2D eigenvalue weighted by atomic mass is 10.3. The Balaban J connectivity index is 1.90. The fourth-order valence-corrected chi connectivity index (χ4v) is 2.96. The Bertz CT molecular complexity index is 495. The molecular formula is C11H11ClN2OS2. The van der Waals surface area contributed by atoms with Gasteiger partial charge in [-0.05, 0) is 19.2 Å². The topological polar surface area (TPSA) is 33.2 Å². The molecule has 0 N–H and O–H groups in total. The van der Waals surface area contributed by atoms with Crippen LogP contribution < -0.4 is 0 Å².